The summed E-state index contributed by atoms with van der Waals surface area (Å²) in [5.74, 6) is 0. The van der Waals surface area contributed by atoms with Gasteiger partial charge in [0.25, 0.3) is 0 Å². The summed E-state index contributed by atoms with van der Waals surface area (Å²) >= 11 is -0.657. The van der Waals surface area contributed by atoms with Gasteiger partial charge in [-0.3, -0.25) is 0 Å². The minimum atomic E-state index is -0.657. The molecule has 1 nitrogen and oxygen atoms in total. The van der Waals surface area contributed by atoms with E-state index in [0.29, 0.717) is 3.44 Å². The van der Waals surface area contributed by atoms with Crippen LogP contribution in [-0.4, -0.2) is 27.0 Å². The van der Waals surface area contributed by atoms with Crippen molar-refractivity contribution in [3.8, 4) is 0 Å². The zero-order valence-corrected chi connectivity index (χ0v) is 8.40. The summed E-state index contributed by atoms with van der Waals surface area (Å²) < 4.78 is 1.44. The van der Waals surface area contributed by atoms with E-state index in [2.05, 4.69) is 13.5 Å². The van der Waals surface area contributed by atoms with Gasteiger partial charge in [0.05, 0.1) is 0 Å². The van der Waals surface area contributed by atoms with Gasteiger partial charge in [-0.25, -0.2) is 0 Å². The predicted molar refractivity (Wildman–Crippen MR) is 36.1 cm³/mol. The molecule has 0 aliphatic heterocycles. The van der Waals surface area contributed by atoms with Gasteiger partial charge in [-0.1, -0.05) is 0 Å². The van der Waals surface area contributed by atoms with Crippen LogP contribution < -0.4 is 0 Å². The molecule has 46 valence electrons. The quantitative estimate of drug-likeness (QED) is 0.717. The van der Waals surface area contributed by atoms with Crippen molar-refractivity contribution in [2.45, 2.75) is 17.9 Å². The van der Waals surface area contributed by atoms with Crippen LogP contribution in [-0.2, 0) is 4.79 Å². The fraction of sp³-hybridized carbons (Fsp3) is 0.500. The first-order chi connectivity index (χ1) is 3.68. The molecule has 0 rings (SSSR count). The van der Waals surface area contributed by atoms with E-state index in [9.17, 15) is 4.79 Å². The van der Waals surface area contributed by atoms with E-state index in [1.54, 1.807) is 6.92 Å². The Bertz CT molecular complexity index is 107. The third-order valence-electron chi connectivity index (χ3n) is 0.624. The molecule has 0 amide bonds. The van der Waals surface area contributed by atoms with Gasteiger partial charge in [-0.15, -0.1) is 0 Å². The van der Waals surface area contributed by atoms with Crippen LogP contribution in [0.5, 0.6) is 0 Å². The Morgan fingerprint density at radius 3 is 2.38 bits per heavy atom. The van der Waals surface area contributed by atoms with Crippen LogP contribution in [0, 0.1) is 0 Å². The van der Waals surface area contributed by atoms with Crippen LogP contribution in [0.15, 0.2) is 12.2 Å². The maximum absolute atomic E-state index is 10.7. The van der Waals surface area contributed by atoms with Crippen molar-refractivity contribution in [3.63, 3.8) is 0 Å². The van der Waals surface area contributed by atoms with Crippen molar-refractivity contribution in [3.05, 3.63) is 12.2 Å². The van der Waals surface area contributed by atoms with Gasteiger partial charge in [0, 0.05) is 0 Å². The first-order valence-corrected chi connectivity index (χ1v) is 6.34. The first-order valence-electron chi connectivity index (χ1n) is 2.51. The summed E-state index contributed by atoms with van der Waals surface area (Å²) in [5, 5.41) is 0. The molecule has 0 spiro atoms. The molecule has 0 fully saturated rings. The topological polar surface area (TPSA) is 17.1 Å². The fourth-order valence-corrected chi connectivity index (χ4v) is 2.23. The van der Waals surface area contributed by atoms with E-state index in [1.807, 2.05) is 0 Å². The molecule has 0 bridgehead atoms. The number of rotatable bonds is 3. The van der Waals surface area contributed by atoms with Gasteiger partial charge >= 0.3 is 61.9 Å². The second kappa shape index (κ2) is 4.21. The van der Waals surface area contributed by atoms with Crippen molar-refractivity contribution in [2.75, 3.05) is 0 Å². The molecule has 0 saturated heterocycles. The van der Waals surface area contributed by atoms with E-state index in [-0.39, 0.29) is 0 Å². The Labute approximate surface area is 61.9 Å². The van der Waals surface area contributed by atoms with Crippen LogP contribution in [0.3, 0.4) is 0 Å². The summed E-state index contributed by atoms with van der Waals surface area (Å²) in [6.45, 7) is 7.42. The van der Waals surface area contributed by atoms with E-state index in [1.165, 1.54) is 0 Å². The third-order valence-corrected chi connectivity index (χ3v) is 4.12. The number of hydrogen-bond donors (Lipinski definition) is 0. The summed E-state index contributed by atoms with van der Waals surface area (Å²) in [6, 6.07) is 0. The first kappa shape index (κ1) is 8.31. The zero-order chi connectivity index (χ0) is 6.57. The molecule has 0 heterocycles. The molecule has 0 aliphatic carbocycles. The predicted octanol–water partition coefficient (Wildman–Crippen LogP) is 1.23. The average Bonchev–Trinajstić information content (AvgIpc) is 1.67. The monoisotopic (exact) mass is 307 g/mol. The van der Waals surface area contributed by atoms with Gasteiger partial charge in [0.15, 0.2) is 0 Å². The van der Waals surface area contributed by atoms with Gasteiger partial charge < -0.3 is 0 Å². The Morgan fingerprint density at radius 1 is 1.75 bits per heavy atom. The number of hydrogen-bond acceptors (Lipinski definition) is 1. The van der Waals surface area contributed by atoms with Crippen molar-refractivity contribution in [1.29, 1.82) is 0 Å². The van der Waals surface area contributed by atoms with Crippen LogP contribution in [0.25, 0.3) is 0 Å². The molecule has 0 saturated carbocycles. The normalized spacial score (nSPS) is 8.75. The molecule has 0 unspecified atom stereocenters. The molecule has 0 aromatic carbocycles. The fourth-order valence-electron chi connectivity index (χ4n) is 0.254. The molecule has 2 heteroatoms. The van der Waals surface area contributed by atoms with Crippen molar-refractivity contribution < 1.29 is 4.79 Å². The van der Waals surface area contributed by atoms with Gasteiger partial charge in [0.1, 0.15) is 0 Å². The summed E-state index contributed by atoms with van der Waals surface area (Å²) in [4.78, 5) is 10.7. The molecule has 0 aromatic rings. The number of allylic oxidation sites excluding steroid dienone is 1. The average molecular weight is 307 g/mol. The van der Waals surface area contributed by atoms with Gasteiger partial charge in [-0.05, 0) is 0 Å². The van der Waals surface area contributed by atoms with Crippen LogP contribution in [0.2, 0.25) is 4.08 Å². The molecule has 0 N–H and O–H groups in total. The van der Waals surface area contributed by atoms with Crippen LogP contribution >= 0.6 is 0 Å². The Hall–Kier alpha value is 0.306. The van der Waals surface area contributed by atoms with Crippen molar-refractivity contribution in [1.82, 2.24) is 0 Å². The number of carbonyl (C=O) groups is 1. The Kier molecular flexibility index (Phi) is 4.37. The molecule has 0 atom stereocenters. The Balaban J connectivity index is 3.49. The van der Waals surface area contributed by atoms with E-state index < -0.39 is 23.6 Å². The van der Waals surface area contributed by atoms with Crippen molar-refractivity contribution in [2.24, 2.45) is 0 Å². The summed E-state index contributed by atoms with van der Waals surface area (Å²) in [5.41, 5.74) is 0.747. The molecular formula is C6H10OPo. The zero-order valence-electron chi connectivity index (χ0n) is 5.23. The van der Waals surface area contributed by atoms with Gasteiger partial charge in [-0.2, -0.15) is 0 Å². The molecule has 0 aliphatic rings. The second-order valence-electron chi connectivity index (χ2n) is 1.50. The van der Waals surface area contributed by atoms with Crippen LogP contribution in [0.1, 0.15) is 13.8 Å². The summed E-state index contributed by atoms with van der Waals surface area (Å²) in [7, 11) is 0. The molecular weight excluding hydrogens is 297 g/mol. The van der Waals surface area contributed by atoms with Crippen molar-refractivity contribution >= 4 is 27.0 Å². The van der Waals surface area contributed by atoms with E-state index >= 15 is 0 Å². The Morgan fingerprint density at radius 2 is 2.25 bits per heavy atom. The van der Waals surface area contributed by atoms with Crippen LogP contribution in [0.4, 0.5) is 0 Å². The molecule has 0 aromatic heterocycles. The van der Waals surface area contributed by atoms with E-state index in [4.69, 9.17) is 0 Å². The maximum atomic E-state index is 10.7. The second-order valence-corrected chi connectivity index (χ2v) is 6.31. The third kappa shape index (κ3) is 3.33. The SMILES string of the molecule is C=C(C)[C](=O)[Po][CH2]C. The summed E-state index contributed by atoms with van der Waals surface area (Å²) in [6.07, 6.45) is 0. The molecule has 8 heavy (non-hydrogen) atoms. The number of carbonyl (C=O) groups excluding carboxylic acids is 1. The standard InChI is InChI=1S/C4H5O.C2H5.Po/c1-4(2)3-5;1-2;/h1H2,2H3;1H2,2H3;. The molecule has 0 radical (unpaired) electrons. The minimum absolute atomic E-state index is 0.354. The van der Waals surface area contributed by atoms with Gasteiger partial charge in [0.2, 0.25) is 0 Å². The van der Waals surface area contributed by atoms with E-state index in [0.717, 1.165) is 9.65 Å².